The summed E-state index contributed by atoms with van der Waals surface area (Å²) in [4.78, 5) is 24.8. The maximum Gasteiger partial charge on any atom is 0.416 e. The number of anilines is 1. The van der Waals surface area contributed by atoms with Crippen LogP contribution in [0.25, 0.3) is 0 Å². The number of hydrogen-bond donors (Lipinski definition) is 2. The van der Waals surface area contributed by atoms with E-state index in [4.69, 9.17) is 5.84 Å². The van der Waals surface area contributed by atoms with E-state index < -0.39 is 58.5 Å². The van der Waals surface area contributed by atoms with Crippen molar-refractivity contribution in [2.75, 3.05) is 11.6 Å². The second-order valence-corrected chi connectivity index (χ2v) is 6.35. The Balaban J connectivity index is 1.90. The van der Waals surface area contributed by atoms with Crippen molar-refractivity contribution in [3.05, 3.63) is 65.0 Å². The summed E-state index contributed by atoms with van der Waals surface area (Å²) in [6.07, 6.45) is -4.56. The number of amides is 2. The topological polar surface area (TPSA) is 75.4 Å². The molecule has 1 fully saturated rings. The highest BCUT2D eigenvalue weighted by atomic mass is 19.4. The minimum Gasteiger partial charge on any atom is -0.355 e. The van der Waals surface area contributed by atoms with Crippen molar-refractivity contribution in [1.82, 2.24) is 5.32 Å². The predicted molar refractivity (Wildman–Crippen MR) is 88.7 cm³/mol. The highest BCUT2D eigenvalue weighted by Crippen LogP contribution is 2.35. The lowest BCUT2D eigenvalue weighted by Crippen LogP contribution is -2.45. The van der Waals surface area contributed by atoms with Crippen molar-refractivity contribution in [2.45, 2.75) is 12.1 Å². The Bertz CT molecular complexity index is 961. The molecule has 3 N–H and O–H groups in total. The molecule has 0 aromatic heterocycles. The summed E-state index contributed by atoms with van der Waals surface area (Å²) in [5.41, 5.74) is -1.46. The molecular weight excluding hydrogens is 404 g/mol. The van der Waals surface area contributed by atoms with Gasteiger partial charge in [0.05, 0.1) is 11.3 Å². The van der Waals surface area contributed by atoms with E-state index in [1.807, 2.05) is 0 Å². The van der Waals surface area contributed by atoms with Gasteiger partial charge in [-0.1, -0.05) is 12.1 Å². The van der Waals surface area contributed by atoms with Crippen molar-refractivity contribution in [2.24, 2.45) is 11.8 Å². The molecule has 154 valence electrons. The van der Waals surface area contributed by atoms with Gasteiger partial charge >= 0.3 is 6.18 Å². The standard InChI is InChI=1S/C18H13F6N3O2/c19-11-5-6-12(15(21)14(11)20)27(25)17(29)13-10(7-26-16(13)28)8-1-3-9(4-2-8)18(22,23)24/h1-6,10,13H,7,25H2,(H,26,28). The first-order valence-electron chi connectivity index (χ1n) is 8.19. The Labute approximate surface area is 160 Å². The summed E-state index contributed by atoms with van der Waals surface area (Å²) in [6, 6.07) is 5.12. The molecule has 1 aliphatic heterocycles. The fourth-order valence-electron chi connectivity index (χ4n) is 3.11. The fraction of sp³-hybridized carbons (Fsp3) is 0.222. The summed E-state index contributed by atoms with van der Waals surface area (Å²) in [6.45, 7) is -0.0747. The summed E-state index contributed by atoms with van der Waals surface area (Å²) in [7, 11) is 0. The number of carbonyl (C=O) groups excluding carboxylic acids is 2. The summed E-state index contributed by atoms with van der Waals surface area (Å²) >= 11 is 0. The van der Waals surface area contributed by atoms with E-state index in [9.17, 15) is 35.9 Å². The summed E-state index contributed by atoms with van der Waals surface area (Å²) < 4.78 is 78.6. The molecule has 1 aliphatic rings. The molecule has 0 spiro atoms. The molecule has 0 saturated carbocycles. The first kappa shape index (κ1) is 20.6. The van der Waals surface area contributed by atoms with Crippen molar-refractivity contribution in [3.8, 4) is 0 Å². The van der Waals surface area contributed by atoms with Crippen LogP contribution in [0.5, 0.6) is 0 Å². The fourth-order valence-corrected chi connectivity index (χ4v) is 3.11. The predicted octanol–water partition coefficient (Wildman–Crippen LogP) is 2.86. The van der Waals surface area contributed by atoms with Crippen LogP contribution in [-0.2, 0) is 15.8 Å². The molecule has 2 aromatic carbocycles. The van der Waals surface area contributed by atoms with E-state index in [1.165, 1.54) is 0 Å². The van der Waals surface area contributed by atoms with Crippen LogP contribution >= 0.6 is 0 Å². The van der Waals surface area contributed by atoms with Gasteiger partial charge in [0.15, 0.2) is 17.5 Å². The van der Waals surface area contributed by atoms with Crippen LogP contribution < -0.4 is 16.2 Å². The number of carbonyl (C=O) groups is 2. The minimum atomic E-state index is -4.56. The zero-order valence-electron chi connectivity index (χ0n) is 14.4. The smallest absolute Gasteiger partial charge is 0.355 e. The van der Waals surface area contributed by atoms with Crippen LogP contribution in [0.1, 0.15) is 17.0 Å². The highest BCUT2D eigenvalue weighted by Gasteiger charge is 2.43. The number of nitrogens with two attached hydrogens (primary N) is 1. The van der Waals surface area contributed by atoms with Crippen LogP contribution in [0.15, 0.2) is 36.4 Å². The van der Waals surface area contributed by atoms with E-state index in [-0.39, 0.29) is 17.1 Å². The Morgan fingerprint density at radius 2 is 1.66 bits per heavy atom. The van der Waals surface area contributed by atoms with Gasteiger partial charge in [0, 0.05) is 12.5 Å². The van der Waals surface area contributed by atoms with Crippen molar-refractivity contribution >= 4 is 17.5 Å². The molecule has 3 rings (SSSR count). The van der Waals surface area contributed by atoms with Crippen LogP contribution in [0, 0.1) is 23.4 Å². The van der Waals surface area contributed by atoms with E-state index in [2.05, 4.69) is 5.32 Å². The average Bonchev–Trinajstić information content (AvgIpc) is 3.06. The van der Waals surface area contributed by atoms with Crippen LogP contribution in [0.2, 0.25) is 0 Å². The monoisotopic (exact) mass is 417 g/mol. The minimum absolute atomic E-state index is 0.0747. The quantitative estimate of drug-likeness (QED) is 0.201. The van der Waals surface area contributed by atoms with E-state index in [0.29, 0.717) is 6.07 Å². The van der Waals surface area contributed by atoms with Crippen LogP contribution in [0.3, 0.4) is 0 Å². The number of alkyl halides is 3. The van der Waals surface area contributed by atoms with Gasteiger partial charge in [0.2, 0.25) is 5.91 Å². The third-order valence-corrected chi connectivity index (χ3v) is 4.63. The summed E-state index contributed by atoms with van der Waals surface area (Å²) in [5.74, 6) is -3.81. The molecule has 1 saturated heterocycles. The lowest BCUT2D eigenvalue weighted by molar-refractivity contribution is -0.137. The Hall–Kier alpha value is -3.08. The molecule has 11 heteroatoms. The van der Waals surface area contributed by atoms with Gasteiger partial charge in [-0.05, 0) is 29.8 Å². The molecule has 0 aliphatic carbocycles. The molecule has 2 unspecified atom stereocenters. The number of nitrogens with one attached hydrogen (secondary N) is 1. The maximum absolute atomic E-state index is 13.9. The van der Waals surface area contributed by atoms with Gasteiger partial charge in [-0.15, -0.1) is 0 Å². The number of hydrazine groups is 1. The first-order chi connectivity index (χ1) is 13.5. The Morgan fingerprint density at radius 1 is 1.03 bits per heavy atom. The van der Waals surface area contributed by atoms with Crippen LogP contribution in [0.4, 0.5) is 32.0 Å². The zero-order chi connectivity index (χ0) is 21.5. The van der Waals surface area contributed by atoms with Crippen LogP contribution in [-0.4, -0.2) is 18.4 Å². The Kier molecular flexibility index (Phi) is 5.26. The summed E-state index contributed by atoms with van der Waals surface area (Å²) in [5, 5.41) is 2.58. The van der Waals surface area contributed by atoms with Gasteiger partial charge in [-0.25, -0.2) is 24.0 Å². The van der Waals surface area contributed by atoms with Crippen molar-refractivity contribution in [3.63, 3.8) is 0 Å². The molecule has 2 atom stereocenters. The number of halogens is 6. The Morgan fingerprint density at radius 3 is 2.24 bits per heavy atom. The largest absolute Gasteiger partial charge is 0.416 e. The second-order valence-electron chi connectivity index (χ2n) is 6.35. The van der Waals surface area contributed by atoms with Gasteiger partial charge in [0.1, 0.15) is 5.92 Å². The van der Waals surface area contributed by atoms with Gasteiger partial charge in [-0.3, -0.25) is 9.59 Å². The van der Waals surface area contributed by atoms with Gasteiger partial charge < -0.3 is 5.32 Å². The lowest BCUT2D eigenvalue weighted by Gasteiger charge is -2.23. The second kappa shape index (κ2) is 7.39. The molecular formula is C18H13F6N3O2. The van der Waals surface area contributed by atoms with E-state index in [0.717, 1.165) is 30.3 Å². The van der Waals surface area contributed by atoms with Gasteiger partial charge in [0.25, 0.3) is 5.91 Å². The zero-order valence-corrected chi connectivity index (χ0v) is 14.4. The number of hydrogen-bond acceptors (Lipinski definition) is 3. The SMILES string of the molecule is NN(C(=O)C1C(=O)NCC1c1ccc(C(F)(F)F)cc1)c1ccc(F)c(F)c1F. The molecule has 0 bridgehead atoms. The number of benzene rings is 2. The lowest BCUT2D eigenvalue weighted by atomic mass is 9.87. The van der Waals surface area contributed by atoms with Gasteiger partial charge in [-0.2, -0.15) is 13.2 Å². The van der Waals surface area contributed by atoms with E-state index >= 15 is 0 Å². The third kappa shape index (κ3) is 3.77. The maximum atomic E-state index is 13.9. The molecule has 1 heterocycles. The highest BCUT2D eigenvalue weighted by molar-refractivity contribution is 6.09. The normalized spacial score (nSPS) is 19.2. The number of rotatable bonds is 3. The average molecular weight is 417 g/mol. The molecule has 0 radical (unpaired) electrons. The molecule has 2 amide bonds. The molecule has 2 aromatic rings. The molecule has 5 nitrogen and oxygen atoms in total. The van der Waals surface area contributed by atoms with E-state index in [1.54, 1.807) is 0 Å². The van der Waals surface area contributed by atoms with Crippen molar-refractivity contribution < 1.29 is 35.9 Å². The number of nitrogens with zero attached hydrogens (tertiary/aromatic N) is 1. The first-order valence-corrected chi connectivity index (χ1v) is 8.19. The molecule has 29 heavy (non-hydrogen) atoms. The van der Waals surface area contributed by atoms with Crippen molar-refractivity contribution in [1.29, 1.82) is 0 Å². The third-order valence-electron chi connectivity index (χ3n) is 4.63.